The number of halogens is 1. The smallest absolute Gasteiger partial charge is 0.222 e. The van der Waals surface area contributed by atoms with Crippen LogP contribution >= 0.6 is 15.9 Å². The summed E-state index contributed by atoms with van der Waals surface area (Å²) in [4.78, 5) is 14.0. The monoisotopic (exact) mass is 340 g/mol. The molecule has 110 valence electrons. The maximum atomic E-state index is 12.1. The van der Waals surface area contributed by atoms with Gasteiger partial charge in [-0.1, -0.05) is 22.0 Å². The van der Waals surface area contributed by atoms with Gasteiger partial charge in [-0.15, -0.1) is 0 Å². The Kier molecular flexibility index (Phi) is 5.86. The third-order valence-electron chi connectivity index (χ3n) is 3.57. The molecule has 1 aliphatic heterocycles. The van der Waals surface area contributed by atoms with E-state index in [1.54, 1.807) is 0 Å². The third-order valence-corrected chi connectivity index (χ3v) is 4.06. The van der Waals surface area contributed by atoms with E-state index in [-0.39, 0.29) is 11.9 Å². The van der Waals surface area contributed by atoms with E-state index in [9.17, 15) is 4.79 Å². The number of likely N-dealkylation sites (tertiary alicyclic amines) is 1. The van der Waals surface area contributed by atoms with Crippen LogP contribution in [0.25, 0.3) is 0 Å². The van der Waals surface area contributed by atoms with Crippen LogP contribution in [0.3, 0.4) is 0 Å². The van der Waals surface area contributed by atoms with Crippen LogP contribution in [-0.2, 0) is 4.79 Å². The minimum absolute atomic E-state index is 0.204. The van der Waals surface area contributed by atoms with Crippen molar-refractivity contribution in [3.8, 4) is 5.75 Å². The lowest BCUT2D eigenvalue weighted by Crippen LogP contribution is -2.39. The topological polar surface area (TPSA) is 55.6 Å². The second-order valence-electron chi connectivity index (χ2n) is 5.03. The molecule has 0 spiro atoms. The summed E-state index contributed by atoms with van der Waals surface area (Å²) in [7, 11) is 0. The standard InChI is InChI=1S/C15H21BrN2O2/c16-12-4-1-6-14(10-12)20-9-3-7-15(19)18-8-2-5-13(18)11-17/h1,4,6,10,13H,2-3,5,7-9,11,17H2. The first-order valence-corrected chi connectivity index (χ1v) is 7.88. The summed E-state index contributed by atoms with van der Waals surface area (Å²) in [5.41, 5.74) is 5.68. The molecule has 1 amide bonds. The molecule has 1 atom stereocenters. The molecule has 1 fully saturated rings. The molecule has 0 aliphatic carbocycles. The summed E-state index contributed by atoms with van der Waals surface area (Å²) in [5.74, 6) is 1.03. The van der Waals surface area contributed by atoms with Gasteiger partial charge < -0.3 is 15.4 Å². The average Bonchev–Trinajstić information content (AvgIpc) is 2.92. The number of hydrogen-bond donors (Lipinski definition) is 1. The van der Waals surface area contributed by atoms with E-state index in [1.165, 1.54) is 0 Å². The number of amides is 1. The van der Waals surface area contributed by atoms with E-state index in [0.29, 0.717) is 19.6 Å². The number of carbonyl (C=O) groups is 1. The van der Waals surface area contributed by atoms with Gasteiger partial charge in [-0.2, -0.15) is 0 Å². The minimum Gasteiger partial charge on any atom is -0.494 e. The molecule has 0 saturated carbocycles. The highest BCUT2D eigenvalue weighted by Crippen LogP contribution is 2.19. The van der Waals surface area contributed by atoms with E-state index < -0.39 is 0 Å². The van der Waals surface area contributed by atoms with Crippen molar-refractivity contribution in [3.05, 3.63) is 28.7 Å². The van der Waals surface area contributed by atoms with Crippen molar-refractivity contribution in [2.24, 2.45) is 5.73 Å². The molecule has 1 aliphatic rings. The Morgan fingerprint density at radius 1 is 1.50 bits per heavy atom. The Morgan fingerprint density at radius 3 is 3.10 bits per heavy atom. The Bertz CT molecular complexity index is 453. The predicted octanol–water partition coefficient (Wildman–Crippen LogP) is 2.56. The molecule has 5 heteroatoms. The van der Waals surface area contributed by atoms with Crippen LogP contribution in [0.4, 0.5) is 0 Å². The molecule has 1 aromatic carbocycles. The number of nitrogens with zero attached hydrogens (tertiary/aromatic N) is 1. The summed E-state index contributed by atoms with van der Waals surface area (Å²) in [6.45, 7) is 1.98. The van der Waals surface area contributed by atoms with Crippen LogP contribution in [0.15, 0.2) is 28.7 Å². The van der Waals surface area contributed by atoms with Crippen molar-refractivity contribution in [1.82, 2.24) is 4.90 Å². The minimum atomic E-state index is 0.204. The Morgan fingerprint density at radius 2 is 2.35 bits per heavy atom. The predicted molar refractivity (Wildman–Crippen MR) is 82.7 cm³/mol. The van der Waals surface area contributed by atoms with Gasteiger partial charge in [0, 0.05) is 30.0 Å². The fourth-order valence-corrected chi connectivity index (χ4v) is 2.90. The highest BCUT2D eigenvalue weighted by Gasteiger charge is 2.26. The first-order chi connectivity index (χ1) is 9.70. The maximum Gasteiger partial charge on any atom is 0.222 e. The van der Waals surface area contributed by atoms with E-state index in [4.69, 9.17) is 10.5 Å². The van der Waals surface area contributed by atoms with Crippen LogP contribution < -0.4 is 10.5 Å². The second kappa shape index (κ2) is 7.64. The fourth-order valence-electron chi connectivity index (χ4n) is 2.52. The number of carbonyl (C=O) groups excluding carboxylic acids is 1. The molecular formula is C15H21BrN2O2. The zero-order valence-electron chi connectivity index (χ0n) is 11.6. The van der Waals surface area contributed by atoms with Gasteiger partial charge in [0.2, 0.25) is 5.91 Å². The Hall–Kier alpha value is -1.07. The lowest BCUT2D eigenvalue weighted by atomic mass is 10.2. The molecule has 0 aromatic heterocycles. The molecule has 1 heterocycles. The summed E-state index contributed by atoms with van der Waals surface area (Å²) < 4.78 is 6.62. The van der Waals surface area contributed by atoms with Crippen molar-refractivity contribution < 1.29 is 9.53 Å². The zero-order valence-corrected chi connectivity index (χ0v) is 13.1. The summed E-state index contributed by atoms with van der Waals surface area (Å²) >= 11 is 3.40. The third kappa shape index (κ3) is 4.21. The molecule has 1 unspecified atom stereocenters. The van der Waals surface area contributed by atoms with Crippen molar-refractivity contribution in [2.45, 2.75) is 31.7 Å². The molecule has 1 saturated heterocycles. The van der Waals surface area contributed by atoms with E-state index in [1.807, 2.05) is 29.2 Å². The number of benzene rings is 1. The summed E-state index contributed by atoms with van der Waals surface area (Å²) in [6.07, 6.45) is 3.38. The van der Waals surface area contributed by atoms with Crippen LogP contribution in [0, 0.1) is 0 Å². The molecule has 4 nitrogen and oxygen atoms in total. The second-order valence-corrected chi connectivity index (χ2v) is 5.94. The van der Waals surface area contributed by atoms with Crippen molar-refractivity contribution in [2.75, 3.05) is 19.7 Å². The van der Waals surface area contributed by atoms with Gasteiger partial charge in [0.05, 0.1) is 6.61 Å². The quantitative estimate of drug-likeness (QED) is 0.809. The van der Waals surface area contributed by atoms with Gasteiger partial charge in [-0.05, 0) is 37.5 Å². The SMILES string of the molecule is NCC1CCCN1C(=O)CCCOc1cccc(Br)c1. The van der Waals surface area contributed by atoms with Crippen LogP contribution in [0.5, 0.6) is 5.75 Å². The van der Waals surface area contributed by atoms with Gasteiger partial charge in [0.1, 0.15) is 5.75 Å². The van der Waals surface area contributed by atoms with Crippen molar-refractivity contribution in [1.29, 1.82) is 0 Å². The number of ether oxygens (including phenoxy) is 1. The largest absolute Gasteiger partial charge is 0.494 e. The van der Waals surface area contributed by atoms with Crippen LogP contribution in [0.2, 0.25) is 0 Å². The molecular weight excluding hydrogens is 320 g/mol. The van der Waals surface area contributed by atoms with E-state index in [0.717, 1.165) is 36.0 Å². The van der Waals surface area contributed by atoms with Crippen molar-refractivity contribution in [3.63, 3.8) is 0 Å². The molecule has 2 rings (SSSR count). The van der Waals surface area contributed by atoms with E-state index >= 15 is 0 Å². The first kappa shape index (κ1) is 15.3. The van der Waals surface area contributed by atoms with Crippen molar-refractivity contribution >= 4 is 21.8 Å². The lowest BCUT2D eigenvalue weighted by Gasteiger charge is -2.23. The molecule has 0 radical (unpaired) electrons. The highest BCUT2D eigenvalue weighted by molar-refractivity contribution is 9.10. The normalized spacial score (nSPS) is 18.3. The molecule has 1 aromatic rings. The molecule has 2 N–H and O–H groups in total. The average molecular weight is 341 g/mol. The Balaban J connectivity index is 1.69. The van der Waals surface area contributed by atoms with Gasteiger partial charge in [0.15, 0.2) is 0 Å². The van der Waals surface area contributed by atoms with Gasteiger partial charge >= 0.3 is 0 Å². The maximum absolute atomic E-state index is 12.1. The molecule has 20 heavy (non-hydrogen) atoms. The number of hydrogen-bond acceptors (Lipinski definition) is 3. The lowest BCUT2D eigenvalue weighted by molar-refractivity contribution is -0.132. The van der Waals surface area contributed by atoms with Crippen LogP contribution in [-0.4, -0.2) is 36.5 Å². The zero-order chi connectivity index (χ0) is 14.4. The number of rotatable bonds is 6. The van der Waals surface area contributed by atoms with Gasteiger partial charge in [0.25, 0.3) is 0 Å². The summed E-state index contributed by atoms with van der Waals surface area (Å²) in [6, 6.07) is 7.97. The van der Waals surface area contributed by atoms with Gasteiger partial charge in [-0.25, -0.2) is 0 Å². The van der Waals surface area contributed by atoms with Crippen LogP contribution in [0.1, 0.15) is 25.7 Å². The Labute approximate surface area is 128 Å². The van der Waals surface area contributed by atoms with Gasteiger partial charge in [-0.3, -0.25) is 4.79 Å². The fraction of sp³-hybridized carbons (Fsp3) is 0.533. The first-order valence-electron chi connectivity index (χ1n) is 7.08. The highest BCUT2D eigenvalue weighted by atomic mass is 79.9. The van der Waals surface area contributed by atoms with E-state index in [2.05, 4.69) is 15.9 Å². The summed E-state index contributed by atoms with van der Waals surface area (Å²) in [5, 5.41) is 0. The molecule has 0 bridgehead atoms. The number of nitrogens with two attached hydrogens (primary N) is 1.